The molecule has 0 spiro atoms. The van der Waals surface area contributed by atoms with Crippen LogP contribution in [0.4, 0.5) is 5.95 Å². The fraction of sp³-hybridized carbons (Fsp3) is 0.333. The van der Waals surface area contributed by atoms with E-state index in [1.165, 1.54) is 11.1 Å². The van der Waals surface area contributed by atoms with E-state index in [1.54, 1.807) is 6.20 Å². The van der Waals surface area contributed by atoms with Gasteiger partial charge in [0.2, 0.25) is 5.95 Å². The van der Waals surface area contributed by atoms with Gasteiger partial charge < -0.3 is 5.32 Å². The zero-order valence-electron chi connectivity index (χ0n) is 11.1. The standard InChI is InChI=1S/C15H19N3/c1-11(2)14-8-9-16-15(18-14)17-10-13-6-4-12(3)5-7-13/h4-9,11H,10H2,1-3H3,(H,16,17,18). The summed E-state index contributed by atoms with van der Waals surface area (Å²) in [5, 5.41) is 3.25. The number of nitrogens with one attached hydrogen (secondary N) is 1. The Morgan fingerprint density at radius 2 is 1.83 bits per heavy atom. The topological polar surface area (TPSA) is 37.8 Å². The molecular formula is C15H19N3. The van der Waals surface area contributed by atoms with E-state index in [0.29, 0.717) is 11.9 Å². The van der Waals surface area contributed by atoms with Crippen molar-refractivity contribution in [3.8, 4) is 0 Å². The largest absolute Gasteiger partial charge is 0.350 e. The molecule has 0 fully saturated rings. The predicted molar refractivity (Wildman–Crippen MR) is 74.6 cm³/mol. The molecular weight excluding hydrogens is 222 g/mol. The van der Waals surface area contributed by atoms with Gasteiger partial charge in [-0.15, -0.1) is 0 Å². The van der Waals surface area contributed by atoms with Gasteiger partial charge in [-0.25, -0.2) is 9.97 Å². The summed E-state index contributed by atoms with van der Waals surface area (Å²) in [6.45, 7) is 7.10. The monoisotopic (exact) mass is 241 g/mol. The third-order valence-electron chi connectivity index (χ3n) is 2.84. The summed E-state index contributed by atoms with van der Waals surface area (Å²) in [5.41, 5.74) is 3.58. The molecule has 0 radical (unpaired) electrons. The van der Waals surface area contributed by atoms with E-state index >= 15 is 0 Å². The molecule has 0 bridgehead atoms. The first-order valence-electron chi connectivity index (χ1n) is 6.27. The van der Waals surface area contributed by atoms with Crippen LogP contribution in [-0.2, 0) is 6.54 Å². The predicted octanol–water partition coefficient (Wildman–Crippen LogP) is 3.52. The van der Waals surface area contributed by atoms with Gasteiger partial charge in [0.25, 0.3) is 0 Å². The molecule has 1 aromatic heterocycles. The fourth-order valence-electron chi connectivity index (χ4n) is 1.67. The highest BCUT2D eigenvalue weighted by molar-refractivity contribution is 5.30. The molecule has 1 N–H and O–H groups in total. The number of aryl methyl sites for hydroxylation is 1. The normalized spacial score (nSPS) is 10.7. The molecule has 1 aromatic carbocycles. The molecule has 0 unspecified atom stereocenters. The minimum Gasteiger partial charge on any atom is -0.350 e. The van der Waals surface area contributed by atoms with Crippen LogP contribution in [0.2, 0.25) is 0 Å². The summed E-state index contributed by atoms with van der Waals surface area (Å²) in [6, 6.07) is 10.4. The quantitative estimate of drug-likeness (QED) is 0.890. The molecule has 0 saturated heterocycles. The average molecular weight is 241 g/mol. The van der Waals surface area contributed by atoms with Gasteiger partial charge in [0.05, 0.1) is 0 Å². The molecule has 0 aliphatic heterocycles. The van der Waals surface area contributed by atoms with Gasteiger partial charge >= 0.3 is 0 Å². The van der Waals surface area contributed by atoms with Gasteiger partial charge in [-0.1, -0.05) is 43.7 Å². The third kappa shape index (κ3) is 3.29. The Labute approximate surface area is 108 Å². The number of hydrogen-bond acceptors (Lipinski definition) is 3. The van der Waals surface area contributed by atoms with Crippen molar-refractivity contribution in [1.82, 2.24) is 9.97 Å². The molecule has 2 rings (SSSR count). The number of hydrogen-bond donors (Lipinski definition) is 1. The molecule has 0 aliphatic carbocycles. The van der Waals surface area contributed by atoms with Gasteiger partial charge in [0, 0.05) is 18.4 Å². The summed E-state index contributed by atoms with van der Waals surface area (Å²) in [6.07, 6.45) is 1.81. The number of rotatable bonds is 4. The third-order valence-corrected chi connectivity index (χ3v) is 2.84. The van der Waals surface area contributed by atoms with Crippen molar-refractivity contribution >= 4 is 5.95 Å². The lowest BCUT2D eigenvalue weighted by atomic mass is 10.1. The highest BCUT2D eigenvalue weighted by atomic mass is 15.1. The SMILES string of the molecule is Cc1ccc(CNc2nccc(C(C)C)n2)cc1. The molecule has 0 atom stereocenters. The summed E-state index contributed by atoms with van der Waals surface area (Å²) >= 11 is 0. The summed E-state index contributed by atoms with van der Waals surface area (Å²) in [5.74, 6) is 1.12. The molecule has 0 saturated carbocycles. The molecule has 0 amide bonds. The van der Waals surface area contributed by atoms with Crippen LogP contribution in [0.25, 0.3) is 0 Å². The van der Waals surface area contributed by atoms with Gasteiger partial charge in [-0.3, -0.25) is 0 Å². The lowest BCUT2D eigenvalue weighted by molar-refractivity contribution is 0.813. The lowest BCUT2D eigenvalue weighted by Gasteiger charge is -2.08. The Balaban J connectivity index is 2.01. The van der Waals surface area contributed by atoms with Gasteiger partial charge in [0.1, 0.15) is 0 Å². The maximum Gasteiger partial charge on any atom is 0.223 e. The van der Waals surface area contributed by atoms with E-state index in [1.807, 2.05) is 6.07 Å². The second kappa shape index (κ2) is 5.63. The van der Waals surface area contributed by atoms with Gasteiger partial charge in [0.15, 0.2) is 0 Å². The molecule has 3 heteroatoms. The van der Waals surface area contributed by atoms with Crippen LogP contribution >= 0.6 is 0 Å². The van der Waals surface area contributed by atoms with E-state index in [2.05, 4.69) is 60.3 Å². The first-order chi connectivity index (χ1) is 8.65. The first kappa shape index (κ1) is 12.6. The zero-order chi connectivity index (χ0) is 13.0. The van der Waals surface area contributed by atoms with Crippen molar-refractivity contribution < 1.29 is 0 Å². The van der Waals surface area contributed by atoms with E-state index in [-0.39, 0.29) is 0 Å². The second-order valence-corrected chi connectivity index (χ2v) is 4.80. The Kier molecular flexibility index (Phi) is 3.92. The Morgan fingerprint density at radius 1 is 1.11 bits per heavy atom. The maximum absolute atomic E-state index is 4.48. The summed E-state index contributed by atoms with van der Waals surface area (Å²) in [7, 11) is 0. The van der Waals surface area contributed by atoms with Crippen LogP contribution in [-0.4, -0.2) is 9.97 Å². The minimum absolute atomic E-state index is 0.424. The zero-order valence-corrected chi connectivity index (χ0v) is 11.1. The molecule has 18 heavy (non-hydrogen) atoms. The molecule has 3 nitrogen and oxygen atoms in total. The number of aromatic nitrogens is 2. The number of nitrogens with zero attached hydrogens (tertiary/aromatic N) is 2. The Bertz CT molecular complexity index is 503. The summed E-state index contributed by atoms with van der Waals surface area (Å²) in [4.78, 5) is 8.71. The average Bonchev–Trinajstić information content (AvgIpc) is 2.38. The Morgan fingerprint density at radius 3 is 2.50 bits per heavy atom. The fourth-order valence-corrected chi connectivity index (χ4v) is 1.67. The van der Waals surface area contributed by atoms with Crippen LogP contribution in [0.1, 0.15) is 36.6 Å². The molecule has 1 heterocycles. The van der Waals surface area contributed by atoms with Crippen molar-refractivity contribution in [2.45, 2.75) is 33.2 Å². The van der Waals surface area contributed by atoms with Crippen molar-refractivity contribution in [2.24, 2.45) is 0 Å². The molecule has 2 aromatic rings. The second-order valence-electron chi connectivity index (χ2n) is 4.80. The van der Waals surface area contributed by atoms with E-state index in [4.69, 9.17) is 0 Å². The van der Waals surface area contributed by atoms with Crippen molar-refractivity contribution in [3.63, 3.8) is 0 Å². The highest BCUT2D eigenvalue weighted by Gasteiger charge is 2.02. The number of benzene rings is 1. The van der Waals surface area contributed by atoms with Crippen molar-refractivity contribution in [3.05, 3.63) is 53.3 Å². The van der Waals surface area contributed by atoms with E-state index < -0.39 is 0 Å². The smallest absolute Gasteiger partial charge is 0.223 e. The minimum atomic E-state index is 0.424. The lowest BCUT2D eigenvalue weighted by Crippen LogP contribution is -2.05. The van der Waals surface area contributed by atoms with Crippen LogP contribution in [0.5, 0.6) is 0 Å². The van der Waals surface area contributed by atoms with E-state index in [9.17, 15) is 0 Å². The van der Waals surface area contributed by atoms with Gasteiger partial charge in [-0.05, 0) is 24.5 Å². The van der Waals surface area contributed by atoms with Crippen molar-refractivity contribution in [1.29, 1.82) is 0 Å². The van der Waals surface area contributed by atoms with Crippen LogP contribution in [0.3, 0.4) is 0 Å². The Hall–Kier alpha value is -1.90. The molecule has 94 valence electrons. The first-order valence-corrected chi connectivity index (χ1v) is 6.27. The van der Waals surface area contributed by atoms with E-state index in [0.717, 1.165) is 12.2 Å². The van der Waals surface area contributed by atoms with Crippen LogP contribution in [0, 0.1) is 6.92 Å². The van der Waals surface area contributed by atoms with Crippen LogP contribution < -0.4 is 5.32 Å². The van der Waals surface area contributed by atoms with Gasteiger partial charge in [-0.2, -0.15) is 0 Å². The summed E-state index contributed by atoms with van der Waals surface area (Å²) < 4.78 is 0. The van der Waals surface area contributed by atoms with Crippen molar-refractivity contribution in [2.75, 3.05) is 5.32 Å². The maximum atomic E-state index is 4.48. The molecule has 0 aliphatic rings. The highest BCUT2D eigenvalue weighted by Crippen LogP contribution is 2.12. The number of anilines is 1. The van der Waals surface area contributed by atoms with Crippen LogP contribution in [0.15, 0.2) is 36.5 Å².